The fourth-order valence-corrected chi connectivity index (χ4v) is 4.86. The maximum Gasteiger partial charge on any atom is 0.326 e. The minimum atomic E-state index is -3.59. The summed E-state index contributed by atoms with van der Waals surface area (Å²) >= 11 is 0. The first kappa shape index (κ1) is 20.0. The zero-order valence-electron chi connectivity index (χ0n) is 17.3. The van der Waals surface area contributed by atoms with E-state index in [0.717, 1.165) is 16.3 Å². The Morgan fingerprint density at radius 1 is 1.03 bits per heavy atom. The van der Waals surface area contributed by atoms with Gasteiger partial charge < -0.3 is 10.1 Å². The second-order valence-electron chi connectivity index (χ2n) is 7.15. The molecule has 156 valence electrons. The van der Waals surface area contributed by atoms with Crippen LogP contribution < -0.4 is 18.7 Å². The van der Waals surface area contributed by atoms with Crippen LogP contribution in [0.5, 0.6) is 5.75 Å². The molecule has 0 aromatic heterocycles. The van der Waals surface area contributed by atoms with E-state index < -0.39 is 10.2 Å². The Balaban J connectivity index is 1.78. The normalized spacial score (nSPS) is 14.7. The summed E-state index contributed by atoms with van der Waals surface area (Å²) in [6.45, 7) is 4.14. The van der Waals surface area contributed by atoms with Gasteiger partial charge in [-0.25, -0.2) is 0 Å². The molecule has 0 fully saturated rings. The summed E-state index contributed by atoms with van der Waals surface area (Å²) in [6, 6.07) is 14.8. The van der Waals surface area contributed by atoms with Crippen molar-refractivity contribution < 1.29 is 17.9 Å². The van der Waals surface area contributed by atoms with Crippen molar-refractivity contribution in [2.24, 2.45) is 0 Å². The van der Waals surface area contributed by atoms with Gasteiger partial charge in [-0.3, -0.25) is 13.4 Å². The third kappa shape index (κ3) is 3.04. The van der Waals surface area contributed by atoms with Gasteiger partial charge in [0.05, 0.1) is 23.5 Å². The van der Waals surface area contributed by atoms with Crippen molar-refractivity contribution in [3.05, 3.63) is 59.7 Å². The molecule has 0 bridgehead atoms. The molecular formula is C22H23N3O4S. The molecule has 1 N–H and O–H groups in total. The number of hydrogen-bond acceptors (Lipinski definition) is 4. The molecule has 1 amide bonds. The van der Waals surface area contributed by atoms with Gasteiger partial charge in [-0.15, -0.1) is 0 Å². The Morgan fingerprint density at radius 3 is 2.40 bits per heavy atom. The average molecular weight is 426 g/mol. The number of amides is 1. The van der Waals surface area contributed by atoms with Gasteiger partial charge >= 0.3 is 10.2 Å². The van der Waals surface area contributed by atoms with Crippen molar-refractivity contribution in [3.63, 3.8) is 0 Å². The average Bonchev–Trinajstić information content (AvgIpc) is 2.88. The Bertz CT molecular complexity index is 1270. The summed E-state index contributed by atoms with van der Waals surface area (Å²) in [5.41, 5.74) is 2.85. The van der Waals surface area contributed by atoms with Gasteiger partial charge in [-0.05, 0) is 48.4 Å². The van der Waals surface area contributed by atoms with E-state index in [9.17, 15) is 13.2 Å². The summed E-state index contributed by atoms with van der Waals surface area (Å²) in [6.07, 6.45) is 0. The molecule has 0 atom stereocenters. The van der Waals surface area contributed by atoms with Crippen LogP contribution in [0.15, 0.2) is 48.5 Å². The standard InChI is InChI=1S/C22H23N3O4S/c1-5-29-20-11-10-15-8-6-7-9-16(15)21(20)22(26)23-17-13-19-18(12-14(17)2)24(3)30(27,28)25(19)4/h6-13H,5H2,1-4H3,(H,23,26). The molecule has 30 heavy (non-hydrogen) atoms. The van der Waals surface area contributed by atoms with Gasteiger partial charge in [0.25, 0.3) is 5.91 Å². The van der Waals surface area contributed by atoms with Gasteiger partial charge in [0.2, 0.25) is 0 Å². The third-order valence-corrected chi connectivity index (χ3v) is 7.14. The predicted molar refractivity (Wildman–Crippen MR) is 120 cm³/mol. The number of rotatable bonds is 4. The number of anilines is 3. The maximum absolute atomic E-state index is 13.3. The molecule has 7 nitrogen and oxygen atoms in total. The Kier molecular flexibility index (Phi) is 4.82. The van der Waals surface area contributed by atoms with Crippen LogP contribution in [0.2, 0.25) is 0 Å². The van der Waals surface area contributed by atoms with Gasteiger partial charge in [-0.2, -0.15) is 8.42 Å². The number of aryl methyl sites for hydroxylation is 1. The smallest absolute Gasteiger partial charge is 0.326 e. The van der Waals surface area contributed by atoms with E-state index in [1.165, 1.54) is 22.7 Å². The second-order valence-corrected chi connectivity index (χ2v) is 9.14. The molecule has 1 aliphatic heterocycles. The van der Waals surface area contributed by atoms with Crippen LogP contribution in [0.3, 0.4) is 0 Å². The molecule has 0 spiro atoms. The third-order valence-electron chi connectivity index (χ3n) is 5.36. The zero-order valence-corrected chi connectivity index (χ0v) is 18.1. The highest BCUT2D eigenvalue weighted by Gasteiger charge is 2.36. The minimum Gasteiger partial charge on any atom is -0.493 e. The van der Waals surface area contributed by atoms with Crippen molar-refractivity contribution in [1.82, 2.24) is 0 Å². The molecule has 3 aromatic carbocycles. The predicted octanol–water partition coefficient (Wildman–Crippen LogP) is 3.93. The number of carbonyl (C=O) groups is 1. The van der Waals surface area contributed by atoms with E-state index in [2.05, 4.69) is 5.32 Å². The molecule has 3 aromatic rings. The van der Waals surface area contributed by atoms with E-state index >= 15 is 0 Å². The number of nitrogens with one attached hydrogen (secondary N) is 1. The number of fused-ring (bicyclic) bond motifs is 2. The monoisotopic (exact) mass is 425 g/mol. The summed E-state index contributed by atoms with van der Waals surface area (Å²) in [4.78, 5) is 13.3. The second kappa shape index (κ2) is 7.21. The zero-order chi connectivity index (χ0) is 21.6. The summed E-state index contributed by atoms with van der Waals surface area (Å²) in [7, 11) is -0.576. The van der Waals surface area contributed by atoms with Gasteiger partial charge in [0, 0.05) is 19.8 Å². The number of benzene rings is 3. The lowest BCUT2D eigenvalue weighted by atomic mass is 10.0. The van der Waals surface area contributed by atoms with Gasteiger partial charge in [-0.1, -0.05) is 30.3 Å². The van der Waals surface area contributed by atoms with Crippen molar-refractivity contribution in [1.29, 1.82) is 0 Å². The van der Waals surface area contributed by atoms with Gasteiger partial charge in [0.15, 0.2) is 0 Å². The van der Waals surface area contributed by atoms with Crippen molar-refractivity contribution in [2.75, 3.05) is 34.6 Å². The molecule has 0 saturated heterocycles. The van der Waals surface area contributed by atoms with E-state index in [4.69, 9.17) is 4.74 Å². The van der Waals surface area contributed by atoms with Crippen molar-refractivity contribution in [2.45, 2.75) is 13.8 Å². The minimum absolute atomic E-state index is 0.310. The Labute approximate surface area is 176 Å². The highest BCUT2D eigenvalue weighted by atomic mass is 32.2. The fraction of sp³-hybridized carbons (Fsp3) is 0.227. The molecule has 0 saturated carbocycles. The van der Waals surface area contributed by atoms with Crippen LogP contribution in [0.4, 0.5) is 17.1 Å². The van der Waals surface area contributed by atoms with Gasteiger partial charge in [0.1, 0.15) is 5.75 Å². The lowest BCUT2D eigenvalue weighted by molar-refractivity contribution is 0.102. The number of hydrogen-bond donors (Lipinski definition) is 1. The molecule has 8 heteroatoms. The number of nitrogens with zero attached hydrogens (tertiary/aromatic N) is 2. The first-order valence-corrected chi connectivity index (χ1v) is 11.0. The Hall–Kier alpha value is -3.26. The number of carbonyl (C=O) groups excluding carboxylic acids is 1. The van der Waals surface area contributed by atoms with Crippen LogP contribution in [0.1, 0.15) is 22.8 Å². The largest absolute Gasteiger partial charge is 0.493 e. The summed E-state index contributed by atoms with van der Waals surface area (Å²) in [5.74, 6) is 0.196. The highest BCUT2D eigenvalue weighted by molar-refractivity contribution is 7.94. The van der Waals surface area contributed by atoms with E-state index in [1.54, 1.807) is 18.2 Å². The molecule has 0 unspecified atom stereocenters. The highest BCUT2D eigenvalue weighted by Crippen LogP contribution is 2.42. The molecular weight excluding hydrogens is 402 g/mol. The Morgan fingerprint density at radius 2 is 1.70 bits per heavy atom. The van der Waals surface area contributed by atoms with Crippen molar-refractivity contribution >= 4 is 44.0 Å². The first-order valence-electron chi connectivity index (χ1n) is 9.59. The SMILES string of the molecule is CCOc1ccc2ccccc2c1C(=O)Nc1cc2c(cc1C)N(C)S(=O)(=O)N2C. The van der Waals surface area contributed by atoms with Crippen LogP contribution >= 0.6 is 0 Å². The topological polar surface area (TPSA) is 79.0 Å². The van der Waals surface area contributed by atoms with E-state index in [-0.39, 0.29) is 5.91 Å². The van der Waals surface area contributed by atoms with Crippen LogP contribution in [0.25, 0.3) is 10.8 Å². The summed E-state index contributed by atoms with van der Waals surface area (Å²) < 4.78 is 33.0. The van der Waals surface area contributed by atoms with E-state index in [0.29, 0.717) is 35.0 Å². The number of ether oxygens (including phenoxy) is 1. The molecule has 4 rings (SSSR count). The summed E-state index contributed by atoms with van der Waals surface area (Å²) in [5, 5.41) is 4.68. The molecule has 0 radical (unpaired) electrons. The molecule has 0 aliphatic carbocycles. The van der Waals surface area contributed by atoms with Crippen LogP contribution in [0, 0.1) is 6.92 Å². The quantitative estimate of drug-likeness (QED) is 0.687. The molecule has 1 aliphatic rings. The fourth-order valence-electron chi connectivity index (χ4n) is 3.70. The van der Waals surface area contributed by atoms with E-state index in [1.807, 2.05) is 44.2 Å². The van der Waals surface area contributed by atoms with Crippen LogP contribution in [-0.2, 0) is 10.2 Å². The van der Waals surface area contributed by atoms with Crippen molar-refractivity contribution in [3.8, 4) is 5.75 Å². The maximum atomic E-state index is 13.3. The molecule has 1 heterocycles. The lowest BCUT2D eigenvalue weighted by Crippen LogP contribution is -2.32. The first-order chi connectivity index (χ1) is 14.3. The lowest BCUT2D eigenvalue weighted by Gasteiger charge is -2.16. The van der Waals surface area contributed by atoms with Crippen LogP contribution in [-0.4, -0.2) is 35.0 Å².